The quantitative estimate of drug-likeness (QED) is 0.143. The van der Waals surface area contributed by atoms with Crippen molar-refractivity contribution >= 4 is 17.6 Å². The molecule has 4 aromatic carbocycles. The Balaban J connectivity index is 0.975. The summed E-state index contributed by atoms with van der Waals surface area (Å²) in [4.78, 5) is 50.8. The molecule has 11 nitrogen and oxygen atoms in total. The molecule has 2 atom stereocenters. The van der Waals surface area contributed by atoms with E-state index < -0.39 is 23.5 Å². The SMILES string of the molecule is Cc1cc(C(=O)N2CCN(CC(C(=O)C(CN3CCN(C(=O)c4cc(C)nn4-c4ccccc4)CC3)c3ccc(F)cc3)c3ccc(F)cc3)CC2)n(-c2ccccc2)n1. The van der Waals surface area contributed by atoms with E-state index in [1.165, 1.54) is 24.3 Å². The molecule has 60 heavy (non-hydrogen) atoms. The van der Waals surface area contributed by atoms with E-state index in [4.69, 9.17) is 0 Å². The fraction of sp³-hybridized carbons (Fsp3) is 0.298. The highest BCUT2D eigenvalue weighted by Crippen LogP contribution is 2.30. The van der Waals surface area contributed by atoms with E-state index in [9.17, 15) is 18.4 Å². The predicted octanol–water partition coefficient (Wildman–Crippen LogP) is 6.31. The molecule has 2 saturated heterocycles. The molecule has 0 saturated carbocycles. The van der Waals surface area contributed by atoms with Crippen LogP contribution in [-0.2, 0) is 4.79 Å². The van der Waals surface area contributed by atoms with Crippen molar-refractivity contribution in [3.8, 4) is 11.4 Å². The molecule has 0 aliphatic carbocycles. The number of aryl methyl sites for hydroxylation is 2. The summed E-state index contributed by atoms with van der Waals surface area (Å²) in [5, 5.41) is 9.17. The second kappa shape index (κ2) is 17.9. The summed E-state index contributed by atoms with van der Waals surface area (Å²) in [6.45, 7) is 8.43. The number of hydrogen-bond donors (Lipinski definition) is 0. The second-order valence-corrected chi connectivity index (χ2v) is 15.6. The van der Waals surface area contributed by atoms with Gasteiger partial charge in [0.2, 0.25) is 0 Å². The number of amides is 2. The molecule has 0 bridgehead atoms. The van der Waals surface area contributed by atoms with Gasteiger partial charge in [-0.15, -0.1) is 0 Å². The highest BCUT2D eigenvalue weighted by atomic mass is 19.1. The minimum Gasteiger partial charge on any atom is -0.335 e. The summed E-state index contributed by atoms with van der Waals surface area (Å²) in [7, 11) is 0. The highest BCUT2D eigenvalue weighted by molar-refractivity contribution is 5.94. The van der Waals surface area contributed by atoms with E-state index in [0.717, 1.165) is 22.8 Å². The van der Waals surface area contributed by atoms with Crippen LogP contribution in [0, 0.1) is 25.5 Å². The molecule has 2 amide bonds. The van der Waals surface area contributed by atoms with Crippen LogP contribution in [-0.4, -0.2) is 122 Å². The minimum atomic E-state index is -0.630. The molecular formula is C47H48F2N8O3. The number of ketones is 1. The summed E-state index contributed by atoms with van der Waals surface area (Å²) in [6, 6.07) is 34.9. The van der Waals surface area contributed by atoms with Crippen molar-refractivity contribution in [1.29, 1.82) is 0 Å². The Kier molecular flexibility index (Phi) is 12.1. The molecule has 2 aromatic heterocycles. The molecule has 4 heterocycles. The van der Waals surface area contributed by atoms with Gasteiger partial charge < -0.3 is 9.80 Å². The summed E-state index contributed by atoms with van der Waals surface area (Å²) in [5.41, 5.74) is 5.47. The minimum absolute atomic E-state index is 0.0605. The van der Waals surface area contributed by atoms with Gasteiger partial charge in [-0.1, -0.05) is 60.7 Å². The molecule has 2 fully saturated rings. The Morgan fingerprint density at radius 3 is 1.22 bits per heavy atom. The van der Waals surface area contributed by atoms with Gasteiger partial charge in [0.15, 0.2) is 0 Å². The maximum Gasteiger partial charge on any atom is 0.272 e. The normalized spacial score (nSPS) is 16.1. The van der Waals surface area contributed by atoms with Gasteiger partial charge in [0.05, 0.1) is 34.6 Å². The van der Waals surface area contributed by atoms with E-state index in [-0.39, 0.29) is 17.6 Å². The first-order chi connectivity index (χ1) is 29.1. The molecule has 2 aliphatic rings. The summed E-state index contributed by atoms with van der Waals surface area (Å²) < 4.78 is 31.9. The first-order valence-corrected chi connectivity index (χ1v) is 20.4. The largest absolute Gasteiger partial charge is 0.335 e. The molecule has 0 radical (unpaired) electrons. The predicted molar refractivity (Wildman–Crippen MR) is 225 cm³/mol. The molecule has 2 unspecified atom stereocenters. The Labute approximate surface area is 348 Å². The van der Waals surface area contributed by atoms with Crippen molar-refractivity contribution in [2.24, 2.45) is 0 Å². The van der Waals surface area contributed by atoms with Gasteiger partial charge in [-0.3, -0.25) is 24.2 Å². The highest BCUT2D eigenvalue weighted by Gasteiger charge is 2.35. The Hall–Kier alpha value is -6.31. The van der Waals surface area contributed by atoms with Crippen LogP contribution in [0.15, 0.2) is 121 Å². The number of rotatable bonds is 12. The summed E-state index contributed by atoms with van der Waals surface area (Å²) in [6.07, 6.45) is 0. The van der Waals surface area contributed by atoms with Gasteiger partial charge in [-0.05, 0) is 85.6 Å². The molecule has 0 spiro atoms. The first-order valence-electron chi connectivity index (χ1n) is 20.4. The average Bonchev–Trinajstić information content (AvgIpc) is 3.88. The zero-order chi connectivity index (χ0) is 41.8. The monoisotopic (exact) mass is 810 g/mol. The van der Waals surface area contributed by atoms with Gasteiger partial charge in [0.25, 0.3) is 11.8 Å². The second-order valence-electron chi connectivity index (χ2n) is 15.6. The molecule has 8 rings (SSSR count). The summed E-state index contributed by atoms with van der Waals surface area (Å²) in [5.74, 6) is -2.34. The maximum absolute atomic E-state index is 15.0. The zero-order valence-electron chi connectivity index (χ0n) is 33.8. The van der Waals surface area contributed by atoms with Crippen LogP contribution in [0.5, 0.6) is 0 Å². The van der Waals surface area contributed by atoms with Crippen molar-refractivity contribution in [3.05, 3.63) is 167 Å². The Morgan fingerprint density at radius 1 is 0.517 bits per heavy atom. The Bertz CT molecular complexity index is 2250. The van der Waals surface area contributed by atoms with Crippen LogP contribution in [0.25, 0.3) is 11.4 Å². The van der Waals surface area contributed by atoms with E-state index in [0.29, 0.717) is 88.0 Å². The van der Waals surface area contributed by atoms with Gasteiger partial charge in [-0.2, -0.15) is 10.2 Å². The van der Waals surface area contributed by atoms with E-state index in [1.807, 2.05) is 84.3 Å². The fourth-order valence-electron chi connectivity index (χ4n) is 8.30. The molecule has 2 aliphatic heterocycles. The molecular weight excluding hydrogens is 763 g/mol. The van der Waals surface area contributed by atoms with Crippen LogP contribution in [0.3, 0.4) is 0 Å². The number of Topliss-reactive ketones (excluding diaryl/α,β-unsaturated/α-hetero) is 1. The van der Waals surface area contributed by atoms with Crippen LogP contribution in [0.2, 0.25) is 0 Å². The number of piperazine rings is 2. The lowest BCUT2D eigenvalue weighted by molar-refractivity contribution is -0.123. The molecule has 308 valence electrons. The van der Waals surface area contributed by atoms with Gasteiger partial charge in [-0.25, -0.2) is 18.1 Å². The lowest BCUT2D eigenvalue weighted by Crippen LogP contribution is -2.51. The average molecular weight is 811 g/mol. The number of nitrogens with zero attached hydrogens (tertiary/aromatic N) is 8. The fourth-order valence-corrected chi connectivity index (χ4v) is 8.30. The molecule has 6 aromatic rings. The molecule has 13 heteroatoms. The molecule has 0 N–H and O–H groups in total. The number of hydrogen-bond acceptors (Lipinski definition) is 7. The van der Waals surface area contributed by atoms with Crippen molar-refractivity contribution < 1.29 is 23.2 Å². The lowest BCUT2D eigenvalue weighted by atomic mass is 9.82. The number of halogens is 2. The standard InChI is InChI=1S/C47H48F2N8O3/c1-33-29-43(56(50-33)39-9-5-3-6-10-39)46(59)54-25-21-52(22-26-54)31-41(35-13-17-37(48)18-14-35)45(58)42(36-15-19-38(49)20-16-36)32-53-23-27-55(28-24-53)47(60)44-30-34(2)51-57(44)40-11-7-4-8-12-40/h3-20,29-30,41-42H,21-28,31-32H2,1-2H3. The topological polar surface area (TPSA) is 99.8 Å². The van der Waals surface area contributed by atoms with Gasteiger partial charge in [0.1, 0.15) is 28.8 Å². The first kappa shape index (κ1) is 40.5. The zero-order valence-corrected chi connectivity index (χ0v) is 33.8. The van der Waals surface area contributed by atoms with Crippen molar-refractivity contribution in [1.82, 2.24) is 39.2 Å². The van der Waals surface area contributed by atoms with Crippen LogP contribution in [0.4, 0.5) is 8.78 Å². The van der Waals surface area contributed by atoms with Crippen LogP contribution in [0.1, 0.15) is 55.3 Å². The van der Waals surface area contributed by atoms with E-state index >= 15 is 4.79 Å². The number of para-hydroxylation sites is 2. The van der Waals surface area contributed by atoms with E-state index in [2.05, 4.69) is 20.0 Å². The third kappa shape index (κ3) is 8.97. The number of benzene rings is 4. The summed E-state index contributed by atoms with van der Waals surface area (Å²) >= 11 is 0. The van der Waals surface area contributed by atoms with Crippen LogP contribution >= 0.6 is 0 Å². The number of carbonyl (C=O) groups excluding carboxylic acids is 3. The van der Waals surface area contributed by atoms with Crippen LogP contribution < -0.4 is 0 Å². The third-order valence-corrected chi connectivity index (χ3v) is 11.5. The number of carbonyl (C=O) groups is 3. The smallest absolute Gasteiger partial charge is 0.272 e. The van der Waals surface area contributed by atoms with Crippen molar-refractivity contribution in [2.75, 3.05) is 65.4 Å². The maximum atomic E-state index is 15.0. The number of aromatic nitrogens is 4. The van der Waals surface area contributed by atoms with Gasteiger partial charge in [0, 0.05) is 65.4 Å². The van der Waals surface area contributed by atoms with Crippen molar-refractivity contribution in [3.63, 3.8) is 0 Å². The van der Waals surface area contributed by atoms with E-state index in [1.54, 1.807) is 45.8 Å². The third-order valence-electron chi connectivity index (χ3n) is 11.5. The van der Waals surface area contributed by atoms with Crippen molar-refractivity contribution in [2.45, 2.75) is 25.7 Å². The van der Waals surface area contributed by atoms with Gasteiger partial charge >= 0.3 is 0 Å². The lowest BCUT2D eigenvalue weighted by Gasteiger charge is -2.38. The Morgan fingerprint density at radius 2 is 0.867 bits per heavy atom.